The average molecular weight is 244 g/mol. The van der Waals surface area contributed by atoms with E-state index in [1.807, 2.05) is 24.3 Å². The molecule has 1 heterocycles. The van der Waals surface area contributed by atoms with Gasteiger partial charge >= 0.3 is 0 Å². The first-order valence-electron chi connectivity index (χ1n) is 5.06. The van der Waals surface area contributed by atoms with Gasteiger partial charge in [-0.3, -0.25) is 10.1 Å². The summed E-state index contributed by atoms with van der Waals surface area (Å²) in [5.41, 5.74) is 1.89. The highest BCUT2D eigenvalue weighted by Gasteiger charge is 2.17. The number of hydrogen-bond donors (Lipinski definition) is 1. The van der Waals surface area contributed by atoms with E-state index in [-0.39, 0.29) is 10.6 Å². The van der Waals surface area contributed by atoms with Gasteiger partial charge in [0.1, 0.15) is 0 Å². The number of non-ortho nitro benzene ring substituents is 1. The molecular formula is C12H8N2O2S. The van der Waals surface area contributed by atoms with Crippen molar-refractivity contribution in [2.75, 3.05) is 5.32 Å². The van der Waals surface area contributed by atoms with Crippen molar-refractivity contribution < 1.29 is 4.92 Å². The normalized spacial score (nSPS) is 12.2. The van der Waals surface area contributed by atoms with Crippen LogP contribution in [0.25, 0.3) is 0 Å². The van der Waals surface area contributed by atoms with Gasteiger partial charge in [-0.1, -0.05) is 23.9 Å². The topological polar surface area (TPSA) is 55.2 Å². The zero-order valence-electron chi connectivity index (χ0n) is 8.71. The molecule has 0 bridgehead atoms. The first kappa shape index (κ1) is 10.2. The van der Waals surface area contributed by atoms with E-state index in [1.54, 1.807) is 23.9 Å². The van der Waals surface area contributed by atoms with Crippen LogP contribution in [0.5, 0.6) is 0 Å². The Balaban J connectivity index is 2.06. The molecule has 5 heteroatoms. The third kappa shape index (κ3) is 1.74. The maximum absolute atomic E-state index is 10.7. The first-order valence-corrected chi connectivity index (χ1v) is 5.88. The molecule has 0 radical (unpaired) electrons. The molecule has 0 amide bonds. The predicted molar refractivity (Wildman–Crippen MR) is 66.9 cm³/mol. The molecule has 1 aliphatic heterocycles. The van der Waals surface area contributed by atoms with Crippen molar-refractivity contribution in [3.63, 3.8) is 0 Å². The molecule has 1 N–H and O–H groups in total. The molecule has 0 atom stereocenters. The zero-order chi connectivity index (χ0) is 11.8. The number of nitrogens with zero attached hydrogens (tertiary/aromatic N) is 1. The van der Waals surface area contributed by atoms with E-state index in [4.69, 9.17) is 0 Å². The molecule has 17 heavy (non-hydrogen) atoms. The van der Waals surface area contributed by atoms with E-state index in [0.29, 0.717) is 0 Å². The van der Waals surface area contributed by atoms with Crippen LogP contribution in [0.1, 0.15) is 0 Å². The highest BCUT2D eigenvalue weighted by atomic mass is 32.2. The maximum Gasteiger partial charge on any atom is 0.271 e. The molecule has 0 saturated carbocycles. The number of benzene rings is 2. The molecule has 0 aromatic heterocycles. The van der Waals surface area contributed by atoms with Crippen molar-refractivity contribution in [3.8, 4) is 0 Å². The Morgan fingerprint density at radius 1 is 1.06 bits per heavy atom. The lowest BCUT2D eigenvalue weighted by molar-refractivity contribution is -0.384. The van der Waals surface area contributed by atoms with E-state index < -0.39 is 0 Å². The van der Waals surface area contributed by atoms with Crippen molar-refractivity contribution in [1.29, 1.82) is 0 Å². The summed E-state index contributed by atoms with van der Waals surface area (Å²) >= 11 is 1.62. The van der Waals surface area contributed by atoms with E-state index in [1.165, 1.54) is 6.07 Å². The van der Waals surface area contributed by atoms with Gasteiger partial charge in [0.15, 0.2) is 0 Å². The van der Waals surface area contributed by atoms with Crippen LogP contribution in [0.3, 0.4) is 0 Å². The third-order valence-corrected chi connectivity index (χ3v) is 3.70. The minimum Gasteiger partial charge on any atom is -0.353 e. The molecule has 0 saturated heterocycles. The Kier molecular flexibility index (Phi) is 2.26. The van der Waals surface area contributed by atoms with Gasteiger partial charge in [0.25, 0.3) is 5.69 Å². The number of hydrogen-bond acceptors (Lipinski definition) is 4. The van der Waals surface area contributed by atoms with Crippen LogP contribution >= 0.6 is 11.8 Å². The van der Waals surface area contributed by atoms with Gasteiger partial charge in [0.2, 0.25) is 0 Å². The van der Waals surface area contributed by atoms with Crippen LogP contribution in [0.15, 0.2) is 52.3 Å². The van der Waals surface area contributed by atoms with Crippen LogP contribution in [-0.4, -0.2) is 4.92 Å². The quantitative estimate of drug-likeness (QED) is 0.522. The minimum atomic E-state index is -0.382. The van der Waals surface area contributed by atoms with Crippen LogP contribution in [0.2, 0.25) is 0 Å². The predicted octanol–water partition coefficient (Wildman–Crippen LogP) is 3.80. The molecular weight excluding hydrogens is 236 g/mol. The van der Waals surface area contributed by atoms with E-state index in [2.05, 4.69) is 5.32 Å². The van der Waals surface area contributed by atoms with Crippen molar-refractivity contribution >= 4 is 28.8 Å². The summed E-state index contributed by atoms with van der Waals surface area (Å²) in [5, 5.41) is 13.9. The summed E-state index contributed by atoms with van der Waals surface area (Å²) in [7, 11) is 0. The SMILES string of the molecule is O=[N+]([O-])c1ccc2c(c1)Nc1ccccc1S2. The number of rotatable bonds is 1. The van der Waals surface area contributed by atoms with Crippen molar-refractivity contribution in [2.45, 2.75) is 9.79 Å². The molecule has 0 unspecified atom stereocenters. The van der Waals surface area contributed by atoms with Gasteiger partial charge in [-0.15, -0.1) is 0 Å². The van der Waals surface area contributed by atoms with Gasteiger partial charge in [-0.05, 0) is 18.2 Å². The maximum atomic E-state index is 10.7. The van der Waals surface area contributed by atoms with Crippen molar-refractivity contribution in [3.05, 3.63) is 52.6 Å². The molecule has 84 valence electrons. The molecule has 0 fully saturated rings. The summed E-state index contributed by atoms with van der Waals surface area (Å²) in [6.45, 7) is 0. The minimum absolute atomic E-state index is 0.108. The number of fused-ring (bicyclic) bond motifs is 2. The molecule has 2 aromatic rings. The Bertz CT molecular complexity index is 613. The highest BCUT2D eigenvalue weighted by Crippen LogP contribution is 2.44. The standard InChI is InChI=1S/C12H8N2O2S/c15-14(16)8-5-6-12-10(7-8)13-9-3-1-2-4-11(9)17-12/h1-7,13H. The molecule has 4 nitrogen and oxygen atoms in total. The van der Waals surface area contributed by atoms with Gasteiger partial charge in [0, 0.05) is 21.9 Å². The summed E-state index contributed by atoms with van der Waals surface area (Å²) < 4.78 is 0. The number of nitro benzene ring substituents is 1. The lowest BCUT2D eigenvalue weighted by Gasteiger charge is -2.19. The highest BCUT2D eigenvalue weighted by molar-refractivity contribution is 7.99. The Hall–Kier alpha value is -2.01. The lowest BCUT2D eigenvalue weighted by Crippen LogP contribution is -2.00. The lowest BCUT2D eigenvalue weighted by atomic mass is 10.2. The average Bonchev–Trinajstić information content (AvgIpc) is 2.35. The van der Waals surface area contributed by atoms with Crippen LogP contribution in [0.4, 0.5) is 17.1 Å². The monoisotopic (exact) mass is 244 g/mol. The zero-order valence-corrected chi connectivity index (χ0v) is 9.53. The van der Waals surface area contributed by atoms with E-state index in [0.717, 1.165) is 21.2 Å². The van der Waals surface area contributed by atoms with Gasteiger partial charge in [-0.2, -0.15) is 0 Å². The summed E-state index contributed by atoms with van der Waals surface area (Å²) in [5.74, 6) is 0. The number of nitro groups is 1. The molecule has 3 rings (SSSR count). The second kappa shape index (κ2) is 3.78. The molecule has 0 spiro atoms. The summed E-state index contributed by atoms with van der Waals surface area (Å²) in [4.78, 5) is 12.5. The first-order chi connectivity index (χ1) is 8.24. The van der Waals surface area contributed by atoms with Gasteiger partial charge in [-0.25, -0.2) is 0 Å². The fraction of sp³-hybridized carbons (Fsp3) is 0. The summed E-state index contributed by atoms with van der Waals surface area (Å²) in [6.07, 6.45) is 0. The number of nitrogens with one attached hydrogen (secondary N) is 1. The van der Waals surface area contributed by atoms with Gasteiger partial charge < -0.3 is 5.32 Å². The largest absolute Gasteiger partial charge is 0.353 e. The summed E-state index contributed by atoms with van der Waals surface area (Å²) in [6, 6.07) is 12.8. The van der Waals surface area contributed by atoms with E-state index >= 15 is 0 Å². The molecule has 0 aliphatic carbocycles. The second-order valence-corrected chi connectivity index (χ2v) is 4.74. The van der Waals surface area contributed by atoms with Crippen LogP contribution < -0.4 is 5.32 Å². The van der Waals surface area contributed by atoms with Gasteiger partial charge in [0.05, 0.1) is 16.3 Å². The number of para-hydroxylation sites is 1. The van der Waals surface area contributed by atoms with Crippen LogP contribution in [-0.2, 0) is 0 Å². The fourth-order valence-corrected chi connectivity index (χ4v) is 2.71. The fourth-order valence-electron chi connectivity index (χ4n) is 1.74. The smallest absolute Gasteiger partial charge is 0.271 e. The Labute approximate surface area is 102 Å². The Morgan fingerprint density at radius 2 is 1.82 bits per heavy atom. The van der Waals surface area contributed by atoms with Crippen molar-refractivity contribution in [2.24, 2.45) is 0 Å². The molecule has 1 aliphatic rings. The third-order valence-electron chi connectivity index (χ3n) is 2.55. The second-order valence-electron chi connectivity index (χ2n) is 3.66. The van der Waals surface area contributed by atoms with Crippen molar-refractivity contribution in [1.82, 2.24) is 0 Å². The van der Waals surface area contributed by atoms with Crippen LogP contribution in [0, 0.1) is 10.1 Å². The Morgan fingerprint density at radius 3 is 2.65 bits per heavy atom. The van der Waals surface area contributed by atoms with E-state index in [9.17, 15) is 10.1 Å². The number of anilines is 2. The molecule has 2 aromatic carbocycles.